The zero-order chi connectivity index (χ0) is 13.0. The molecule has 0 saturated carbocycles. The number of ether oxygens (including phenoxy) is 1. The van der Waals surface area contributed by atoms with Crippen LogP contribution in [0, 0.1) is 0 Å². The molecular weight excluding hydrogens is 248 g/mol. The van der Waals surface area contributed by atoms with Gasteiger partial charge in [0.05, 0.1) is 17.0 Å². The van der Waals surface area contributed by atoms with E-state index in [1.54, 1.807) is 18.4 Å². The van der Waals surface area contributed by atoms with Crippen LogP contribution < -0.4 is 0 Å². The van der Waals surface area contributed by atoms with Crippen LogP contribution >= 0.6 is 11.3 Å². The maximum Gasteiger partial charge on any atom is 0.339 e. The van der Waals surface area contributed by atoms with Gasteiger partial charge in [0.15, 0.2) is 0 Å². The van der Waals surface area contributed by atoms with E-state index >= 15 is 0 Å². The number of carbonyl (C=O) groups is 1. The maximum atomic E-state index is 11.7. The Hall–Kier alpha value is -1.65. The van der Waals surface area contributed by atoms with Gasteiger partial charge in [0.1, 0.15) is 6.10 Å². The number of hydrogen-bond acceptors (Lipinski definition) is 4. The average molecular weight is 262 g/mol. The first-order chi connectivity index (χ1) is 8.74. The highest BCUT2D eigenvalue weighted by molar-refractivity contribution is 7.10. The van der Waals surface area contributed by atoms with Crippen LogP contribution in [-0.2, 0) is 4.74 Å². The van der Waals surface area contributed by atoms with E-state index < -0.39 is 6.10 Å². The molecule has 1 N–H and O–H groups in total. The second-order valence-corrected chi connectivity index (χ2v) is 4.68. The molecule has 3 nitrogen and oxygen atoms in total. The Morgan fingerprint density at radius 1 is 1.33 bits per heavy atom. The van der Waals surface area contributed by atoms with E-state index in [0.717, 1.165) is 5.56 Å². The number of thiophene rings is 1. The van der Waals surface area contributed by atoms with Crippen molar-refractivity contribution in [3.8, 4) is 0 Å². The molecule has 1 unspecified atom stereocenters. The summed E-state index contributed by atoms with van der Waals surface area (Å²) in [4.78, 5) is 12.4. The zero-order valence-electron chi connectivity index (χ0n) is 10.00. The lowest BCUT2D eigenvalue weighted by molar-refractivity contribution is 0.0522. The summed E-state index contributed by atoms with van der Waals surface area (Å²) in [6.07, 6.45) is -0.786. The first-order valence-electron chi connectivity index (χ1n) is 5.71. The molecule has 0 radical (unpaired) electrons. The van der Waals surface area contributed by atoms with Crippen LogP contribution in [0.2, 0.25) is 0 Å². The lowest BCUT2D eigenvalue weighted by atomic mass is 10.1. The third-order valence-corrected chi connectivity index (χ3v) is 3.52. The van der Waals surface area contributed by atoms with Gasteiger partial charge in [-0.25, -0.2) is 4.79 Å². The molecule has 18 heavy (non-hydrogen) atoms. The summed E-state index contributed by atoms with van der Waals surface area (Å²) < 4.78 is 4.97. The first-order valence-corrected chi connectivity index (χ1v) is 6.59. The normalized spacial score (nSPS) is 12.1. The van der Waals surface area contributed by atoms with Gasteiger partial charge in [-0.1, -0.05) is 30.3 Å². The highest BCUT2D eigenvalue weighted by Gasteiger charge is 2.21. The van der Waals surface area contributed by atoms with E-state index in [0.29, 0.717) is 17.0 Å². The fourth-order valence-electron chi connectivity index (χ4n) is 1.70. The van der Waals surface area contributed by atoms with E-state index in [-0.39, 0.29) is 5.97 Å². The predicted molar refractivity (Wildman–Crippen MR) is 70.8 cm³/mol. The van der Waals surface area contributed by atoms with Gasteiger partial charge in [-0.05, 0) is 23.9 Å². The van der Waals surface area contributed by atoms with Gasteiger partial charge in [-0.2, -0.15) is 0 Å². The molecule has 94 valence electrons. The van der Waals surface area contributed by atoms with Crippen molar-refractivity contribution >= 4 is 17.3 Å². The van der Waals surface area contributed by atoms with Gasteiger partial charge in [0.25, 0.3) is 0 Å². The standard InChI is InChI=1S/C14H14O3S/c1-2-17-14(16)11-8-9-18-13(11)12(15)10-6-4-3-5-7-10/h3-9,12,15H,2H2,1H3. The topological polar surface area (TPSA) is 46.5 Å². The molecule has 0 bridgehead atoms. The molecule has 1 aromatic heterocycles. The molecule has 1 aromatic carbocycles. The van der Waals surface area contributed by atoms with Crippen molar-refractivity contribution in [2.75, 3.05) is 6.61 Å². The molecule has 0 spiro atoms. The minimum absolute atomic E-state index is 0.329. The van der Waals surface area contributed by atoms with Crippen molar-refractivity contribution in [1.82, 2.24) is 0 Å². The molecule has 0 aliphatic heterocycles. The number of carbonyl (C=O) groups excluding carboxylic acids is 1. The summed E-state index contributed by atoms with van der Waals surface area (Å²) in [5, 5.41) is 12.1. The molecule has 2 rings (SSSR count). The van der Waals surface area contributed by atoms with Gasteiger partial charge >= 0.3 is 5.97 Å². The molecule has 1 heterocycles. The maximum absolute atomic E-state index is 11.7. The van der Waals surface area contributed by atoms with Crippen molar-refractivity contribution in [2.45, 2.75) is 13.0 Å². The number of benzene rings is 1. The quantitative estimate of drug-likeness (QED) is 0.862. The Kier molecular flexibility index (Phi) is 4.12. The Balaban J connectivity index is 2.29. The van der Waals surface area contributed by atoms with E-state index in [1.807, 2.05) is 30.3 Å². The largest absolute Gasteiger partial charge is 0.462 e. The van der Waals surface area contributed by atoms with Crippen molar-refractivity contribution in [3.05, 3.63) is 57.8 Å². The summed E-state index contributed by atoms with van der Waals surface area (Å²) in [7, 11) is 0. The molecule has 0 saturated heterocycles. The molecular formula is C14H14O3S. The minimum atomic E-state index is -0.786. The minimum Gasteiger partial charge on any atom is -0.462 e. The van der Waals surface area contributed by atoms with Crippen LogP contribution in [0.5, 0.6) is 0 Å². The van der Waals surface area contributed by atoms with Crippen molar-refractivity contribution < 1.29 is 14.6 Å². The number of hydrogen-bond donors (Lipinski definition) is 1. The van der Waals surface area contributed by atoms with Crippen molar-refractivity contribution in [1.29, 1.82) is 0 Å². The van der Waals surface area contributed by atoms with Crippen LogP contribution in [-0.4, -0.2) is 17.7 Å². The van der Waals surface area contributed by atoms with E-state index in [2.05, 4.69) is 0 Å². The Morgan fingerprint density at radius 2 is 2.06 bits per heavy atom. The fraction of sp³-hybridized carbons (Fsp3) is 0.214. The number of aliphatic hydroxyl groups is 1. The first kappa shape index (κ1) is 12.8. The molecule has 4 heteroatoms. The highest BCUT2D eigenvalue weighted by Crippen LogP contribution is 2.30. The number of aliphatic hydroxyl groups excluding tert-OH is 1. The van der Waals surface area contributed by atoms with Crippen molar-refractivity contribution in [2.24, 2.45) is 0 Å². The molecule has 0 fully saturated rings. The fourth-order valence-corrected chi connectivity index (χ4v) is 2.59. The Bertz CT molecular complexity index is 519. The predicted octanol–water partition coefficient (Wildman–Crippen LogP) is 3.01. The summed E-state index contributed by atoms with van der Waals surface area (Å²) >= 11 is 1.36. The second kappa shape index (κ2) is 5.80. The summed E-state index contributed by atoms with van der Waals surface area (Å²) in [6.45, 7) is 2.09. The zero-order valence-corrected chi connectivity index (χ0v) is 10.8. The van der Waals surface area contributed by atoms with Crippen LogP contribution in [0.4, 0.5) is 0 Å². The van der Waals surface area contributed by atoms with Gasteiger partial charge < -0.3 is 9.84 Å². The van der Waals surface area contributed by atoms with Crippen molar-refractivity contribution in [3.63, 3.8) is 0 Å². The highest BCUT2D eigenvalue weighted by atomic mass is 32.1. The summed E-state index contributed by atoms with van der Waals surface area (Å²) in [5.74, 6) is -0.385. The molecule has 0 aliphatic rings. The van der Waals surface area contributed by atoms with Crippen LogP contribution in [0.1, 0.15) is 33.8 Å². The van der Waals surface area contributed by atoms with Crippen LogP contribution in [0.3, 0.4) is 0 Å². The molecule has 0 aliphatic carbocycles. The SMILES string of the molecule is CCOC(=O)c1ccsc1C(O)c1ccccc1. The summed E-state index contributed by atoms with van der Waals surface area (Å²) in [5.41, 5.74) is 1.21. The second-order valence-electron chi connectivity index (χ2n) is 3.73. The van der Waals surface area contributed by atoms with E-state index in [9.17, 15) is 9.90 Å². The lowest BCUT2D eigenvalue weighted by Crippen LogP contribution is -2.08. The molecule has 0 amide bonds. The van der Waals surface area contributed by atoms with Gasteiger partial charge in [-0.15, -0.1) is 11.3 Å². The monoisotopic (exact) mass is 262 g/mol. The number of esters is 1. The third kappa shape index (κ3) is 2.60. The Labute approximate surface area is 110 Å². The average Bonchev–Trinajstić information content (AvgIpc) is 2.88. The van der Waals surface area contributed by atoms with E-state index in [1.165, 1.54) is 11.3 Å². The Morgan fingerprint density at radius 3 is 2.72 bits per heavy atom. The van der Waals surface area contributed by atoms with Crippen LogP contribution in [0.15, 0.2) is 41.8 Å². The van der Waals surface area contributed by atoms with E-state index in [4.69, 9.17) is 4.74 Å². The van der Waals surface area contributed by atoms with Gasteiger partial charge in [0, 0.05) is 0 Å². The van der Waals surface area contributed by atoms with Gasteiger partial charge in [0.2, 0.25) is 0 Å². The smallest absolute Gasteiger partial charge is 0.339 e. The lowest BCUT2D eigenvalue weighted by Gasteiger charge is -2.11. The van der Waals surface area contributed by atoms with Gasteiger partial charge in [-0.3, -0.25) is 0 Å². The molecule has 2 aromatic rings. The summed E-state index contributed by atoms with van der Waals surface area (Å²) in [6, 6.07) is 11.0. The van der Waals surface area contributed by atoms with Crippen LogP contribution in [0.25, 0.3) is 0 Å². The third-order valence-electron chi connectivity index (χ3n) is 2.55. The molecule has 1 atom stereocenters. The number of rotatable bonds is 4.